The molecule has 0 saturated carbocycles. The van der Waals surface area contributed by atoms with Gasteiger partial charge in [0.25, 0.3) is 15.0 Å². The van der Waals surface area contributed by atoms with Crippen LogP contribution in [0.1, 0.15) is 37.6 Å². The second kappa shape index (κ2) is 5.63. The lowest BCUT2D eigenvalue weighted by Gasteiger charge is -2.24. The molecule has 2 unspecified atom stereocenters. The summed E-state index contributed by atoms with van der Waals surface area (Å²) in [6, 6.07) is 2.81. The number of nitrogens with one attached hydrogen (secondary N) is 1. The standard InChI is InChI=1S/C12H16ClNO4S2/c1-8(9-4-5-10(19-9)20(13,16)17)14-11(15)12(2)6-3-7-18-12/h4-5,8H,3,6-7H2,1-2H3,(H,14,15). The molecule has 1 aromatic heterocycles. The van der Waals surface area contributed by atoms with Crippen molar-refractivity contribution in [2.75, 3.05) is 6.61 Å². The van der Waals surface area contributed by atoms with E-state index in [1.165, 1.54) is 6.07 Å². The van der Waals surface area contributed by atoms with Crippen LogP contribution in [0.3, 0.4) is 0 Å². The smallest absolute Gasteiger partial charge is 0.270 e. The van der Waals surface area contributed by atoms with E-state index in [4.69, 9.17) is 15.4 Å². The van der Waals surface area contributed by atoms with Crippen molar-refractivity contribution in [1.82, 2.24) is 5.32 Å². The lowest BCUT2D eigenvalue weighted by atomic mass is 10.0. The molecule has 112 valence electrons. The summed E-state index contributed by atoms with van der Waals surface area (Å²) < 4.78 is 28.0. The zero-order valence-corrected chi connectivity index (χ0v) is 13.6. The number of hydrogen-bond acceptors (Lipinski definition) is 5. The Hall–Kier alpha value is -0.630. The Bertz CT molecular complexity index is 605. The molecule has 1 N–H and O–H groups in total. The van der Waals surface area contributed by atoms with Crippen LogP contribution >= 0.6 is 22.0 Å². The topological polar surface area (TPSA) is 72.5 Å². The number of amides is 1. The molecule has 1 saturated heterocycles. The van der Waals surface area contributed by atoms with Crippen molar-refractivity contribution >= 4 is 37.0 Å². The summed E-state index contributed by atoms with van der Waals surface area (Å²) in [5, 5.41) is 2.85. The maximum atomic E-state index is 12.2. The van der Waals surface area contributed by atoms with Gasteiger partial charge in [0.1, 0.15) is 9.81 Å². The van der Waals surface area contributed by atoms with Crippen molar-refractivity contribution in [3.05, 3.63) is 17.0 Å². The summed E-state index contributed by atoms with van der Waals surface area (Å²) in [6.07, 6.45) is 1.56. The highest BCUT2D eigenvalue weighted by Crippen LogP contribution is 2.30. The van der Waals surface area contributed by atoms with Crippen LogP contribution in [0.2, 0.25) is 0 Å². The first kappa shape index (κ1) is 15.8. The van der Waals surface area contributed by atoms with Gasteiger partial charge in [0.05, 0.1) is 6.04 Å². The van der Waals surface area contributed by atoms with Crippen LogP contribution in [0.25, 0.3) is 0 Å². The molecule has 0 spiro atoms. The van der Waals surface area contributed by atoms with E-state index in [1.54, 1.807) is 19.9 Å². The van der Waals surface area contributed by atoms with Crippen LogP contribution < -0.4 is 5.32 Å². The van der Waals surface area contributed by atoms with Crippen molar-refractivity contribution in [2.45, 2.75) is 42.5 Å². The Morgan fingerprint density at radius 2 is 2.25 bits per heavy atom. The zero-order chi connectivity index (χ0) is 15.0. The molecule has 0 radical (unpaired) electrons. The van der Waals surface area contributed by atoms with Crippen LogP contribution in [-0.4, -0.2) is 26.5 Å². The molecule has 0 bridgehead atoms. The summed E-state index contributed by atoms with van der Waals surface area (Å²) in [6.45, 7) is 4.16. The SMILES string of the molecule is CC(NC(=O)C1(C)CCCO1)c1ccc(S(=O)(=O)Cl)s1. The predicted molar refractivity (Wildman–Crippen MR) is 77.5 cm³/mol. The fourth-order valence-electron chi connectivity index (χ4n) is 2.08. The number of carbonyl (C=O) groups is 1. The van der Waals surface area contributed by atoms with E-state index in [1.807, 2.05) is 0 Å². The van der Waals surface area contributed by atoms with Crippen molar-refractivity contribution in [3.8, 4) is 0 Å². The minimum Gasteiger partial charge on any atom is -0.365 e. The molecule has 2 heterocycles. The molecule has 1 aliphatic rings. The Balaban J connectivity index is 2.07. The van der Waals surface area contributed by atoms with Crippen LogP contribution in [-0.2, 0) is 18.6 Å². The van der Waals surface area contributed by atoms with Crippen LogP contribution in [0.15, 0.2) is 16.3 Å². The first-order valence-electron chi connectivity index (χ1n) is 6.22. The molecule has 20 heavy (non-hydrogen) atoms. The second-order valence-corrected chi connectivity index (χ2v) is 8.88. The maximum Gasteiger partial charge on any atom is 0.270 e. The molecule has 5 nitrogen and oxygen atoms in total. The third kappa shape index (κ3) is 3.33. The van der Waals surface area contributed by atoms with E-state index in [9.17, 15) is 13.2 Å². The van der Waals surface area contributed by atoms with Crippen molar-refractivity contribution in [3.63, 3.8) is 0 Å². The lowest BCUT2D eigenvalue weighted by Crippen LogP contribution is -2.44. The fourth-order valence-corrected chi connectivity index (χ4v) is 4.17. The molecule has 2 rings (SSSR count). The first-order chi connectivity index (χ1) is 9.22. The minimum absolute atomic E-state index is 0.0820. The average Bonchev–Trinajstić information content (AvgIpc) is 2.96. The monoisotopic (exact) mass is 337 g/mol. The third-order valence-electron chi connectivity index (χ3n) is 3.32. The van der Waals surface area contributed by atoms with Crippen LogP contribution in [0.4, 0.5) is 0 Å². The molecule has 1 amide bonds. The van der Waals surface area contributed by atoms with Gasteiger partial charge < -0.3 is 10.1 Å². The Labute approximate surface area is 126 Å². The highest BCUT2D eigenvalue weighted by atomic mass is 35.7. The molecule has 0 aliphatic carbocycles. The number of carbonyl (C=O) groups excluding carboxylic acids is 1. The van der Waals surface area contributed by atoms with E-state index in [-0.39, 0.29) is 16.2 Å². The van der Waals surface area contributed by atoms with Crippen LogP contribution in [0.5, 0.6) is 0 Å². The highest BCUT2D eigenvalue weighted by molar-refractivity contribution is 8.15. The normalized spacial score (nSPS) is 24.6. The van der Waals surface area contributed by atoms with Gasteiger partial charge in [-0.2, -0.15) is 0 Å². The van der Waals surface area contributed by atoms with Gasteiger partial charge >= 0.3 is 0 Å². The van der Waals surface area contributed by atoms with Gasteiger partial charge in [-0.05, 0) is 38.8 Å². The van der Waals surface area contributed by atoms with Gasteiger partial charge in [-0.15, -0.1) is 11.3 Å². The van der Waals surface area contributed by atoms with E-state index < -0.39 is 14.7 Å². The lowest BCUT2D eigenvalue weighted by molar-refractivity contribution is -0.140. The fraction of sp³-hybridized carbons (Fsp3) is 0.583. The quantitative estimate of drug-likeness (QED) is 0.856. The van der Waals surface area contributed by atoms with Gasteiger partial charge in [0.2, 0.25) is 0 Å². The second-order valence-electron chi connectivity index (χ2n) is 4.97. The van der Waals surface area contributed by atoms with Gasteiger partial charge in [0, 0.05) is 22.2 Å². The summed E-state index contributed by atoms with van der Waals surface area (Å²) in [5.74, 6) is -0.175. The van der Waals surface area contributed by atoms with E-state index in [2.05, 4.69) is 5.32 Å². The molecule has 8 heteroatoms. The zero-order valence-electron chi connectivity index (χ0n) is 11.2. The number of thiophene rings is 1. The Morgan fingerprint density at radius 3 is 2.75 bits per heavy atom. The molecule has 0 aromatic carbocycles. The predicted octanol–water partition coefficient (Wildman–Crippen LogP) is 2.42. The third-order valence-corrected chi connectivity index (χ3v) is 6.68. The first-order valence-corrected chi connectivity index (χ1v) is 9.34. The van der Waals surface area contributed by atoms with Gasteiger partial charge in [-0.3, -0.25) is 4.79 Å². The molecule has 1 fully saturated rings. The van der Waals surface area contributed by atoms with Gasteiger partial charge in [-0.25, -0.2) is 8.42 Å². The van der Waals surface area contributed by atoms with Crippen molar-refractivity contribution in [1.29, 1.82) is 0 Å². The minimum atomic E-state index is -3.72. The van der Waals surface area contributed by atoms with Crippen LogP contribution in [0, 0.1) is 0 Å². The number of hydrogen-bond donors (Lipinski definition) is 1. The highest BCUT2D eigenvalue weighted by Gasteiger charge is 2.38. The molecule has 1 aromatic rings. The van der Waals surface area contributed by atoms with Crippen molar-refractivity contribution in [2.24, 2.45) is 0 Å². The van der Waals surface area contributed by atoms with E-state index in [0.717, 1.165) is 22.6 Å². The van der Waals surface area contributed by atoms with E-state index >= 15 is 0 Å². The van der Waals surface area contributed by atoms with Gasteiger partial charge in [0.15, 0.2) is 0 Å². The maximum absolute atomic E-state index is 12.2. The Kier molecular flexibility index (Phi) is 4.44. The summed E-state index contributed by atoms with van der Waals surface area (Å²) >= 11 is 1.06. The van der Waals surface area contributed by atoms with Crippen molar-refractivity contribution < 1.29 is 17.9 Å². The Morgan fingerprint density at radius 1 is 1.55 bits per heavy atom. The van der Waals surface area contributed by atoms with Gasteiger partial charge in [-0.1, -0.05) is 0 Å². The summed E-state index contributed by atoms with van der Waals surface area (Å²) in [4.78, 5) is 12.9. The summed E-state index contributed by atoms with van der Waals surface area (Å²) in [7, 11) is 1.56. The average molecular weight is 338 g/mol. The summed E-state index contributed by atoms with van der Waals surface area (Å²) in [5.41, 5.74) is -0.785. The number of rotatable bonds is 4. The molecular formula is C12H16ClNO4S2. The molecule has 1 aliphatic heterocycles. The molecule has 2 atom stereocenters. The molecular weight excluding hydrogens is 322 g/mol. The number of halogens is 1. The van der Waals surface area contributed by atoms with E-state index in [0.29, 0.717) is 13.0 Å². The number of ether oxygens (including phenoxy) is 1. The largest absolute Gasteiger partial charge is 0.365 e.